The van der Waals surface area contributed by atoms with E-state index < -0.39 is 0 Å². The normalized spacial score (nSPS) is 10.8. The van der Waals surface area contributed by atoms with Gasteiger partial charge in [-0.25, -0.2) is 0 Å². The highest BCUT2D eigenvalue weighted by Crippen LogP contribution is 2.24. The molecule has 0 amide bonds. The molecule has 0 fully saturated rings. The van der Waals surface area contributed by atoms with Crippen LogP contribution in [0.15, 0.2) is 60.8 Å². The Morgan fingerprint density at radius 2 is 1.70 bits per heavy atom. The van der Waals surface area contributed by atoms with Crippen molar-refractivity contribution in [3.63, 3.8) is 0 Å². The second-order valence-electron chi connectivity index (χ2n) is 4.85. The van der Waals surface area contributed by atoms with E-state index in [1.807, 2.05) is 34.3 Å². The topological polar surface area (TPSA) is 68.6 Å². The zero-order valence-corrected chi connectivity index (χ0v) is 13.6. The van der Waals surface area contributed by atoms with Crippen LogP contribution in [0.4, 0.5) is 5.13 Å². The Morgan fingerprint density at radius 1 is 0.913 bits per heavy atom. The zero-order valence-electron chi connectivity index (χ0n) is 12.0. The molecule has 0 atom stereocenters. The van der Waals surface area contributed by atoms with Crippen molar-refractivity contribution in [3.05, 3.63) is 60.8 Å². The molecule has 2 heterocycles. The van der Waals surface area contributed by atoms with Gasteiger partial charge in [-0.2, -0.15) is 0 Å². The first-order valence-corrected chi connectivity index (χ1v) is 8.48. The first-order valence-electron chi connectivity index (χ1n) is 6.94. The summed E-state index contributed by atoms with van der Waals surface area (Å²) in [5.41, 5.74) is 9.10. The van der Waals surface area contributed by atoms with Crippen LogP contribution in [0.1, 0.15) is 0 Å². The Morgan fingerprint density at radius 3 is 2.39 bits per heavy atom. The number of hydrogen-bond acceptors (Lipinski definition) is 6. The number of nitrogens with zero attached hydrogens (tertiary/aromatic N) is 4. The molecule has 4 aromatic rings. The maximum atomic E-state index is 5.93. The molecule has 0 bridgehead atoms. The van der Waals surface area contributed by atoms with E-state index >= 15 is 0 Å². The van der Waals surface area contributed by atoms with E-state index in [0.717, 1.165) is 27.5 Å². The fourth-order valence-electron chi connectivity index (χ4n) is 2.31. The van der Waals surface area contributed by atoms with Crippen molar-refractivity contribution in [1.29, 1.82) is 0 Å². The fraction of sp³-hybridized carbons (Fsp3) is 0. The van der Waals surface area contributed by atoms with E-state index in [2.05, 4.69) is 38.8 Å². The molecule has 0 radical (unpaired) electrons. The van der Waals surface area contributed by atoms with Gasteiger partial charge in [-0.05, 0) is 58.5 Å². The van der Waals surface area contributed by atoms with Crippen molar-refractivity contribution >= 4 is 28.2 Å². The molecule has 0 aliphatic rings. The van der Waals surface area contributed by atoms with E-state index in [1.165, 1.54) is 23.1 Å². The summed E-state index contributed by atoms with van der Waals surface area (Å²) in [6, 6.07) is 18.3. The van der Waals surface area contributed by atoms with Crippen molar-refractivity contribution in [2.24, 2.45) is 0 Å². The van der Waals surface area contributed by atoms with Crippen molar-refractivity contribution in [2.45, 2.75) is 0 Å². The van der Waals surface area contributed by atoms with Gasteiger partial charge in [-0.1, -0.05) is 22.7 Å². The highest BCUT2D eigenvalue weighted by Gasteiger charge is 2.22. The van der Waals surface area contributed by atoms with Crippen LogP contribution < -0.4 is 9.69 Å². The van der Waals surface area contributed by atoms with Crippen LogP contribution >= 0.6 is 23.1 Å². The SMILES string of the molecule is Nc1nc(-c2ccccc2)[n+](-c2ccc(-c3cnns3)cc2)s1. The lowest BCUT2D eigenvalue weighted by Crippen LogP contribution is -2.27. The van der Waals surface area contributed by atoms with Gasteiger partial charge in [0.1, 0.15) is 17.2 Å². The molecule has 0 spiro atoms. The summed E-state index contributed by atoms with van der Waals surface area (Å²) >= 11 is 2.81. The van der Waals surface area contributed by atoms with E-state index in [1.54, 1.807) is 6.20 Å². The number of anilines is 1. The molecular weight excluding hydrogens is 326 g/mol. The van der Waals surface area contributed by atoms with E-state index in [4.69, 9.17) is 5.73 Å². The van der Waals surface area contributed by atoms with Crippen LogP contribution in [0.3, 0.4) is 0 Å². The number of aromatic nitrogens is 4. The van der Waals surface area contributed by atoms with Gasteiger partial charge in [0.05, 0.1) is 16.6 Å². The average molecular weight is 338 g/mol. The Labute approximate surface area is 141 Å². The highest BCUT2D eigenvalue weighted by atomic mass is 32.1. The number of rotatable bonds is 3. The van der Waals surface area contributed by atoms with Gasteiger partial charge in [0, 0.05) is 0 Å². The lowest BCUT2D eigenvalue weighted by Gasteiger charge is -2.00. The van der Waals surface area contributed by atoms with Crippen LogP contribution in [0.2, 0.25) is 0 Å². The minimum Gasteiger partial charge on any atom is -0.351 e. The number of hydrogen-bond donors (Lipinski definition) is 1. The second kappa shape index (κ2) is 5.86. The first-order chi connectivity index (χ1) is 11.3. The largest absolute Gasteiger partial charge is 0.351 e. The van der Waals surface area contributed by atoms with Crippen LogP contribution in [-0.4, -0.2) is 14.6 Å². The molecule has 0 aliphatic carbocycles. The summed E-state index contributed by atoms with van der Waals surface area (Å²) in [4.78, 5) is 5.52. The summed E-state index contributed by atoms with van der Waals surface area (Å²) in [5, 5.41) is 4.42. The van der Waals surface area contributed by atoms with Gasteiger partial charge in [-0.3, -0.25) is 0 Å². The fourth-order valence-corrected chi connectivity index (χ4v) is 3.60. The third-order valence-corrected chi connectivity index (χ3v) is 4.93. The Hall–Kier alpha value is -2.64. The predicted molar refractivity (Wildman–Crippen MR) is 92.4 cm³/mol. The summed E-state index contributed by atoms with van der Waals surface area (Å²) in [6.45, 7) is 0. The number of benzene rings is 2. The van der Waals surface area contributed by atoms with Crippen molar-refractivity contribution in [2.75, 3.05) is 5.73 Å². The molecule has 2 N–H and O–H groups in total. The Kier molecular flexibility index (Phi) is 3.57. The van der Waals surface area contributed by atoms with Gasteiger partial charge < -0.3 is 5.73 Å². The molecule has 5 nitrogen and oxygen atoms in total. The van der Waals surface area contributed by atoms with Crippen molar-refractivity contribution in [1.82, 2.24) is 14.6 Å². The first kappa shape index (κ1) is 14.0. The summed E-state index contributed by atoms with van der Waals surface area (Å²) < 4.78 is 5.94. The quantitative estimate of drug-likeness (QED) is 0.583. The molecule has 2 aromatic heterocycles. The minimum absolute atomic E-state index is 0.541. The van der Waals surface area contributed by atoms with Gasteiger partial charge >= 0.3 is 11.0 Å². The maximum absolute atomic E-state index is 5.93. The van der Waals surface area contributed by atoms with Gasteiger partial charge in [0.15, 0.2) is 0 Å². The molecule has 0 saturated carbocycles. The standard InChI is InChI=1S/C16H11N5S2/c17-16-19-15(12-4-2-1-3-5-12)21(23-16)13-8-6-11(7-9-13)14-10-18-20-22-14/h1-10,17H/p+1. The monoisotopic (exact) mass is 338 g/mol. The number of nitrogens with two attached hydrogens (primary N) is 1. The highest BCUT2D eigenvalue weighted by molar-refractivity contribution is 7.09. The van der Waals surface area contributed by atoms with E-state index in [-0.39, 0.29) is 0 Å². The predicted octanol–water partition coefficient (Wildman–Crippen LogP) is 3.19. The average Bonchev–Trinajstić information content (AvgIpc) is 3.25. The van der Waals surface area contributed by atoms with Crippen molar-refractivity contribution < 1.29 is 3.96 Å². The Balaban J connectivity index is 1.77. The lowest BCUT2D eigenvalue weighted by molar-refractivity contribution is -0.509. The van der Waals surface area contributed by atoms with Crippen LogP contribution in [0.5, 0.6) is 0 Å². The van der Waals surface area contributed by atoms with E-state index in [9.17, 15) is 0 Å². The Bertz CT molecular complexity index is 915. The molecule has 0 saturated heterocycles. The van der Waals surface area contributed by atoms with Gasteiger partial charge in [0.2, 0.25) is 0 Å². The number of nitrogen functional groups attached to an aromatic ring is 1. The van der Waals surface area contributed by atoms with Gasteiger partial charge in [-0.15, -0.1) is 9.06 Å². The minimum atomic E-state index is 0.541. The third kappa shape index (κ3) is 2.71. The van der Waals surface area contributed by atoms with Gasteiger partial charge in [0.25, 0.3) is 0 Å². The second-order valence-corrected chi connectivity index (χ2v) is 6.61. The molecular formula is C16H12N5S2+. The smallest absolute Gasteiger partial charge is 0.350 e. The maximum Gasteiger partial charge on any atom is 0.350 e. The zero-order chi connectivity index (χ0) is 15.6. The van der Waals surface area contributed by atoms with Crippen LogP contribution in [0, 0.1) is 0 Å². The van der Waals surface area contributed by atoms with E-state index in [0.29, 0.717) is 5.13 Å². The van der Waals surface area contributed by atoms with Crippen LogP contribution in [-0.2, 0) is 0 Å². The summed E-state index contributed by atoms with van der Waals surface area (Å²) in [6.07, 6.45) is 1.77. The molecule has 0 aliphatic heterocycles. The van der Waals surface area contributed by atoms with Crippen LogP contribution in [0.25, 0.3) is 27.5 Å². The molecule has 7 heteroatoms. The molecule has 112 valence electrons. The third-order valence-electron chi connectivity index (χ3n) is 3.37. The molecule has 23 heavy (non-hydrogen) atoms. The van der Waals surface area contributed by atoms with Crippen molar-refractivity contribution in [3.8, 4) is 27.5 Å². The summed E-state index contributed by atoms with van der Waals surface area (Å²) in [7, 11) is 0. The lowest BCUT2D eigenvalue weighted by atomic mass is 10.2. The molecule has 2 aromatic carbocycles. The molecule has 4 rings (SSSR count). The molecule has 0 unspecified atom stereocenters. The summed E-state index contributed by atoms with van der Waals surface area (Å²) in [5.74, 6) is 0.848.